The summed E-state index contributed by atoms with van der Waals surface area (Å²) in [4.78, 5) is 14.2. The van der Waals surface area contributed by atoms with Crippen LogP contribution >= 0.6 is 0 Å². The fourth-order valence-electron chi connectivity index (χ4n) is 2.52. The summed E-state index contributed by atoms with van der Waals surface area (Å²) >= 11 is 0. The molecule has 2 atom stereocenters. The minimum atomic E-state index is 0.0345. The Morgan fingerprint density at radius 1 is 1.56 bits per heavy atom. The van der Waals surface area contributed by atoms with Crippen molar-refractivity contribution >= 4 is 11.6 Å². The second-order valence-corrected chi connectivity index (χ2v) is 4.74. The summed E-state index contributed by atoms with van der Waals surface area (Å²) < 4.78 is 0. The van der Waals surface area contributed by atoms with Crippen LogP contribution in [0.5, 0.6) is 5.75 Å². The second kappa shape index (κ2) is 5.40. The number of nitrogens with one attached hydrogen (secondary N) is 1. The SMILES string of the molecule is CCN(C(=O)C1CCNC1C)c1cccc(O)c1. The van der Waals surface area contributed by atoms with Gasteiger partial charge in [-0.1, -0.05) is 6.07 Å². The quantitative estimate of drug-likeness (QED) is 0.856. The van der Waals surface area contributed by atoms with Crippen molar-refractivity contribution in [2.75, 3.05) is 18.0 Å². The third-order valence-corrected chi connectivity index (χ3v) is 3.57. The largest absolute Gasteiger partial charge is 0.508 e. The number of phenols is 1. The Bertz CT molecular complexity index is 434. The molecule has 1 amide bonds. The zero-order valence-electron chi connectivity index (χ0n) is 10.9. The van der Waals surface area contributed by atoms with Gasteiger partial charge >= 0.3 is 0 Å². The first kappa shape index (κ1) is 12.9. The van der Waals surface area contributed by atoms with Crippen molar-refractivity contribution in [1.29, 1.82) is 0 Å². The molecule has 1 heterocycles. The van der Waals surface area contributed by atoms with Gasteiger partial charge in [0, 0.05) is 24.3 Å². The van der Waals surface area contributed by atoms with Crippen LogP contribution in [0.15, 0.2) is 24.3 Å². The van der Waals surface area contributed by atoms with Gasteiger partial charge in [0.25, 0.3) is 0 Å². The van der Waals surface area contributed by atoms with Crippen LogP contribution in [0.2, 0.25) is 0 Å². The maximum Gasteiger partial charge on any atom is 0.231 e. The molecule has 2 unspecified atom stereocenters. The average molecular weight is 248 g/mol. The summed E-state index contributed by atoms with van der Waals surface area (Å²) in [5.74, 6) is 0.365. The normalized spacial score (nSPS) is 23.0. The van der Waals surface area contributed by atoms with Crippen molar-refractivity contribution in [1.82, 2.24) is 5.32 Å². The molecule has 0 bridgehead atoms. The molecule has 0 spiro atoms. The van der Waals surface area contributed by atoms with E-state index in [1.54, 1.807) is 23.1 Å². The second-order valence-electron chi connectivity index (χ2n) is 4.74. The zero-order valence-corrected chi connectivity index (χ0v) is 10.9. The predicted octanol–water partition coefficient (Wildman–Crippen LogP) is 1.74. The van der Waals surface area contributed by atoms with Crippen LogP contribution in [0.25, 0.3) is 0 Å². The number of benzene rings is 1. The molecule has 0 aromatic heterocycles. The van der Waals surface area contributed by atoms with Gasteiger partial charge in [0.05, 0.1) is 5.92 Å². The Labute approximate surface area is 108 Å². The molecule has 18 heavy (non-hydrogen) atoms. The summed E-state index contributed by atoms with van der Waals surface area (Å²) in [5.41, 5.74) is 0.765. The fourth-order valence-corrected chi connectivity index (χ4v) is 2.52. The van der Waals surface area contributed by atoms with E-state index in [-0.39, 0.29) is 23.6 Å². The zero-order chi connectivity index (χ0) is 13.1. The minimum absolute atomic E-state index is 0.0345. The monoisotopic (exact) mass is 248 g/mol. The molecule has 0 radical (unpaired) electrons. The fraction of sp³-hybridized carbons (Fsp3) is 0.500. The highest BCUT2D eigenvalue weighted by molar-refractivity contribution is 5.95. The van der Waals surface area contributed by atoms with Crippen molar-refractivity contribution < 1.29 is 9.90 Å². The summed E-state index contributed by atoms with van der Waals surface area (Å²) in [6, 6.07) is 7.09. The molecular weight excluding hydrogens is 228 g/mol. The molecular formula is C14H20N2O2. The van der Waals surface area contributed by atoms with E-state index in [1.807, 2.05) is 19.9 Å². The number of amides is 1. The van der Waals surface area contributed by atoms with Gasteiger partial charge in [-0.2, -0.15) is 0 Å². The molecule has 2 N–H and O–H groups in total. The van der Waals surface area contributed by atoms with E-state index in [0.29, 0.717) is 6.54 Å². The number of aromatic hydroxyl groups is 1. The van der Waals surface area contributed by atoms with Gasteiger partial charge < -0.3 is 15.3 Å². The highest BCUT2D eigenvalue weighted by Gasteiger charge is 2.32. The van der Waals surface area contributed by atoms with E-state index in [0.717, 1.165) is 18.7 Å². The minimum Gasteiger partial charge on any atom is -0.508 e. The van der Waals surface area contributed by atoms with E-state index >= 15 is 0 Å². The van der Waals surface area contributed by atoms with Crippen LogP contribution in [-0.4, -0.2) is 30.1 Å². The Morgan fingerprint density at radius 2 is 2.33 bits per heavy atom. The Hall–Kier alpha value is -1.55. The first-order valence-electron chi connectivity index (χ1n) is 6.47. The van der Waals surface area contributed by atoms with E-state index in [2.05, 4.69) is 5.32 Å². The van der Waals surface area contributed by atoms with Crippen molar-refractivity contribution in [3.05, 3.63) is 24.3 Å². The molecule has 4 nitrogen and oxygen atoms in total. The molecule has 1 aliphatic heterocycles. The number of carbonyl (C=O) groups excluding carboxylic acids is 1. The molecule has 98 valence electrons. The highest BCUT2D eigenvalue weighted by atomic mass is 16.3. The van der Waals surface area contributed by atoms with E-state index in [9.17, 15) is 9.90 Å². The van der Waals surface area contributed by atoms with Crippen LogP contribution in [0.1, 0.15) is 20.3 Å². The summed E-state index contributed by atoms with van der Waals surface area (Å²) in [6.45, 7) is 5.52. The maximum atomic E-state index is 12.5. The maximum absolute atomic E-state index is 12.5. The number of hydrogen-bond acceptors (Lipinski definition) is 3. The number of nitrogens with zero attached hydrogens (tertiary/aromatic N) is 1. The van der Waals surface area contributed by atoms with Crippen LogP contribution in [-0.2, 0) is 4.79 Å². The Kier molecular flexibility index (Phi) is 3.87. The van der Waals surface area contributed by atoms with Crippen LogP contribution in [0, 0.1) is 5.92 Å². The Balaban J connectivity index is 2.20. The predicted molar refractivity (Wildman–Crippen MR) is 71.7 cm³/mol. The number of carbonyl (C=O) groups is 1. The molecule has 0 aliphatic carbocycles. The lowest BCUT2D eigenvalue weighted by molar-refractivity contribution is -0.122. The molecule has 1 aromatic carbocycles. The number of hydrogen-bond donors (Lipinski definition) is 2. The first-order valence-corrected chi connectivity index (χ1v) is 6.47. The van der Waals surface area contributed by atoms with E-state index < -0.39 is 0 Å². The standard InChI is InChI=1S/C14H20N2O2/c1-3-16(11-5-4-6-12(17)9-11)14(18)13-7-8-15-10(13)2/h4-6,9-10,13,15,17H,3,7-8H2,1-2H3. The third kappa shape index (κ3) is 2.48. The number of phenolic OH excluding ortho intramolecular Hbond substituents is 1. The molecule has 1 fully saturated rings. The molecule has 4 heteroatoms. The van der Waals surface area contributed by atoms with Gasteiger partial charge in [-0.25, -0.2) is 0 Å². The topological polar surface area (TPSA) is 52.6 Å². The van der Waals surface area contributed by atoms with Crippen molar-refractivity contribution in [3.8, 4) is 5.75 Å². The van der Waals surface area contributed by atoms with E-state index in [4.69, 9.17) is 0 Å². The van der Waals surface area contributed by atoms with Crippen molar-refractivity contribution in [2.24, 2.45) is 5.92 Å². The van der Waals surface area contributed by atoms with Crippen LogP contribution in [0.3, 0.4) is 0 Å². The van der Waals surface area contributed by atoms with Gasteiger partial charge in [-0.05, 0) is 38.9 Å². The molecule has 1 aromatic rings. The summed E-state index contributed by atoms with van der Waals surface area (Å²) in [6.07, 6.45) is 0.884. The van der Waals surface area contributed by atoms with Gasteiger partial charge in [-0.15, -0.1) is 0 Å². The Morgan fingerprint density at radius 3 is 2.89 bits per heavy atom. The van der Waals surface area contributed by atoms with Crippen molar-refractivity contribution in [2.45, 2.75) is 26.3 Å². The van der Waals surface area contributed by atoms with Gasteiger partial charge in [0.15, 0.2) is 0 Å². The van der Waals surface area contributed by atoms with Gasteiger partial charge in [0.2, 0.25) is 5.91 Å². The summed E-state index contributed by atoms with van der Waals surface area (Å²) in [7, 11) is 0. The smallest absolute Gasteiger partial charge is 0.231 e. The molecule has 1 aliphatic rings. The first-order chi connectivity index (χ1) is 8.63. The molecule has 2 rings (SSSR count). The molecule has 1 saturated heterocycles. The third-order valence-electron chi connectivity index (χ3n) is 3.57. The number of anilines is 1. The van der Waals surface area contributed by atoms with Gasteiger partial charge in [-0.3, -0.25) is 4.79 Å². The summed E-state index contributed by atoms with van der Waals surface area (Å²) in [5, 5.41) is 12.8. The lowest BCUT2D eigenvalue weighted by Gasteiger charge is -2.26. The van der Waals surface area contributed by atoms with Crippen LogP contribution in [0.4, 0.5) is 5.69 Å². The lowest BCUT2D eigenvalue weighted by atomic mass is 10.00. The van der Waals surface area contributed by atoms with Crippen LogP contribution < -0.4 is 10.2 Å². The lowest BCUT2D eigenvalue weighted by Crippen LogP contribution is -2.40. The van der Waals surface area contributed by atoms with Gasteiger partial charge in [0.1, 0.15) is 5.75 Å². The number of rotatable bonds is 3. The van der Waals surface area contributed by atoms with E-state index in [1.165, 1.54) is 0 Å². The average Bonchev–Trinajstić information content (AvgIpc) is 2.76. The molecule has 0 saturated carbocycles. The van der Waals surface area contributed by atoms with Crippen molar-refractivity contribution in [3.63, 3.8) is 0 Å². The highest BCUT2D eigenvalue weighted by Crippen LogP contribution is 2.25.